The lowest BCUT2D eigenvalue weighted by molar-refractivity contribution is 0.483. The summed E-state index contributed by atoms with van der Waals surface area (Å²) in [7, 11) is -3.30. The van der Waals surface area contributed by atoms with Gasteiger partial charge in [-0.1, -0.05) is 12.1 Å². The van der Waals surface area contributed by atoms with E-state index in [0.29, 0.717) is 19.4 Å². The summed E-state index contributed by atoms with van der Waals surface area (Å²) in [4.78, 5) is 0. The molecule has 2 N–H and O–H groups in total. The predicted octanol–water partition coefficient (Wildman–Crippen LogP) is 1.43. The van der Waals surface area contributed by atoms with Crippen molar-refractivity contribution in [1.29, 1.82) is 0 Å². The first kappa shape index (κ1) is 15.4. The number of nitrogens with one attached hydrogen (secondary N) is 2. The summed E-state index contributed by atoms with van der Waals surface area (Å²) in [5.74, 6) is -0.282. The Labute approximate surface area is 119 Å². The van der Waals surface area contributed by atoms with Crippen molar-refractivity contribution < 1.29 is 12.8 Å². The van der Waals surface area contributed by atoms with Gasteiger partial charge in [0.15, 0.2) is 0 Å². The van der Waals surface area contributed by atoms with Crippen molar-refractivity contribution in [3.8, 4) is 0 Å². The van der Waals surface area contributed by atoms with Crippen LogP contribution in [-0.4, -0.2) is 32.8 Å². The molecule has 0 radical (unpaired) electrons. The molecule has 1 heterocycles. The van der Waals surface area contributed by atoms with Gasteiger partial charge in [0.1, 0.15) is 5.82 Å². The maximum absolute atomic E-state index is 12.8. The van der Waals surface area contributed by atoms with Crippen molar-refractivity contribution >= 4 is 10.0 Å². The Morgan fingerprint density at radius 3 is 2.70 bits per heavy atom. The number of sulfonamides is 1. The van der Waals surface area contributed by atoms with Gasteiger partial charge in [-0.3, -0.25) is 0 Å². The van der Waals surface area contributed by atoms with Crippen LogP contribution in [0.4, 0.5) is 4.39 Å². The fourth-order valence-electron chi connectivity index (χ4n) is 2.48. The largest absolute Gasteiger partial charge is 0.315 e. The van der Waals surface area contributed by atoms with Crippen molar-refractivity contribution in [2.75, 3.05) is 13.1 Å². The van der Waals surface area contributed by atoms with Gasteiger partial charge in [-0.2, -0.15) is 0 Å². The van der Waals surface area contributed by atoms with Crippen LogP contribution >= 0.6 is 0 Å². The summed E-state index contributed by atoms with van der Waals surface area (Å²) in [5.41, 5.74) is 0.920. The first-order valence-electron chi connectivity index (χ1n) is 6.93. The number of hydrogen-bond acceptors (Lipinski definition) is 3. The van der Waals surface area contributed by atoms with Gasteiger partial charge in [-0.05, 0) is 50.4 Å². The van der Waals surface area contributed by atoms with Gasteiger partial charge in [0.2, 0.25) is 10.0 Å². The molecule has 2 unspecified atom stereocenters. The molecule has 4 nitrogen and oxygen atoms in total. The van der Waals surface area contributed by atoms with Gasteiger partial charge in [0, 0.05) is 12.6 Å². The Bertz CT molecular complexity index is 525. The first-order valence-corrected chi connectivity index (χ1v) is 8.48. The van der Waals surface area contributed by atoms with Crippen LogP contribution in [0, 0.1) is 5.82 Å². The topological polar surface area (TPSA) is 58.2 Å². The summed E-state index contributed by atoms with van der Waals surface area (Å²) >= 11 is 0. The van der Waals surface area contributed by atoms with Gasteiger partial charge in [-0.25, -0.2) is 17.5 Å². The normalized spacial score (nSPS) is 21.6. The maximum Gasteiger partial charge on any atom is 0.215 e. The zero-order chi connectivity index (χ0) is 14.6. The molecule has 0 amide bonds. The number of halogens is 1. The minimum Gasteiger partial charge on any atom is -0.315 e. The van der Waals surface area contributed by atoms with E-state index in [1.807, 2.05) is 6.92 Å². The Hall–Kier alpha value is -0.980. The number of benzene rings is 1. The van der Waals surface area contributed by atoms with Crippen LogP contribution < -0.4 is 10.0 Å². The zero-order valence-electron chi connectivity index (χ0n) is 11.6. The Morgan fingerprint density at radius 2 is 2.10 bits per heavy atom. The molecular weight excluding hydrogens is 279 g/mol. The summed E-state index contributed by atoms with van der Waals surface area (Å²) in [6.45, 7) is 3.23. The zero-order valence-corrected chi connectivity index (χ0v) is 12.4. The molecule has 0 saturated carbocycles. The molecule has 0 aromatic heterocycles. The Kier molecular flexibility index (Phi) is 5.12. The highest BCUT2D eigenvalue weighted by Gasteiger charge is 2.28. The van der Waals surface area contributed by atoms with E-state index in [4.69, 9.17) is 0 Å². The van der Waals surface area contributed by atoms with E-state index in [1.165, 1.54) is 12.1 Å². The van der Waals surface area contributed by atoms with Crippen LogP contribution in [0.5, 0.6) is 0 Å². The molecular formula is C14H21FN2O2S. The fraction of sp³-hybridized carbons (Fsp3) is 0.571. The van der Waals surface area contributed by atoms with Gasteiger partial charge in [0.05, 0.1) is 5.25 Å². The molecule has 2 rings (SSSR count). The van der Waals surface area contributed by atoms with E-state index < -0.39 is 10.0 Å². The number of rotatable bonds is 5. The molecule has 112 valence electrons. The third kappa shape index (κ3) is 4.26. The van der Waals surface area contributed by atoms with Crippen LogP contribution in [0.15, 0.2) is 24.3 Å². The van der Waals surface area contributed by atoms with Crippen LogP contribution in [0.1, 0.15) is 25.3 Å². The minimum atomic E-state index is -3.30. The fourth-order valence-corrected chi connectivity index (χ4v) is 4.13. The number of hydrogen-bond donors (Lipinski definition) is 2. The first-order chi connectivity index (χ1) is 9.47. The van der Waals surface area contributed by atoms with Crippen LogP contribution in [0.25, 0.3) is 0 Å². The standard InChI is InChI=1S/C14H21FN2O2S/c1-11(9-12-4-6-13(15)7-5-12)17-20(18,19)14-3-2-8-16-10-14/h4-7,11,14,16-17H,2-3,8-10H2,1H3. The van der Waals surface area contributed by atoms with Crippen molar-refractivity contribution in [2.45, 2.75) is 37.5 Å². The molecule has 1 aromatic carbocycles. The highest BCUT2D eigenvalue weighted by Crippen LogP contribution is 2.12. The second-order valence-corrected chi connectivity index (χ2v) is 7.36. The number of piperidine rings is 1. The maximum atomic E-state index is 12.8. The highest BCUT2D eigenvalue weighted by atomic mass is 32.2. The molecule has 1 aromatic rings. The molecule has 1 fully saturated rings. The molecule has 0 aliphatic carbocycles. The summed E-state index contributed by atoms with van der Waals surface area (Å²) < 4.78 is 40.0. The van der Waals surface area contributed by atoms with Crippen molar-refractivity contribution in [3.05, 3.63) is 35.6 Å². The lowest BCUT2D eigenvalue weighted by Gasteiger charge is -2.25. The van der Waals surface area contributed by atoms with Gasteiger partial charge in [-0.15, -0.1) is 0 Å². The van der Waals surface area contributed by atoms with Crippen LogP contribution in [-0.2, 0) is 16.4 Å². The Balaban J connectivity index is 1.92. The third-order valence-electron chi connectivity index (χ3n) is 3.51. The molecule has 1 saturated heterocycles. The van der Waals surface area contributed by atoms with E-state index in [2.05, 4.69) is 10.0 Å². The summed E-state index contributed by atoms with van der Waals surface area (Å²) in [6.07, 6.45) is 2.14. The summed E-state index contributed by atoms with van der Waals surface area (Å²) in [5, 5.41) is 2.75. The average Bonchev–Trinajstić information content (AvgIpc) is 2.42. The molecule has 6 heteroatoms. The lowest BCUT2D eigenvalue weighted by Crippen LogP contribution is -2.47. The van der Waals surface area contributed by atoms with Crippen molar-refractivity contribution in [3.63, 3.8) is 0 Å². The van der Waals surface area contributed by atoms with E-state index >= 15 is 0 Å². The van der Waals surface area contributed by atoms with E-state index in [-0.39, 0.29) is 17.1 Å². The Morgan fingerprint density at radius 1 is 1.40 bits per heavy atom. The van der Waals surface area contributed by atoms with E-state index in [0.717, 1.165) is 18.5 Å². The molecule has 1 aliphatic rings. The van der Waals surface area contributed by atoms with Gasteiger partial charge < -0.3 is 5.32 Å². The molecule has 2 atom stereocenters. The predicted molar refractivity (Wildman–Crippen MR) is 77.5 cm³/mol. The third-order valence-corrected chi connectivity index (χ3v) is 5.52. The van der Waals surface area contributed by atoms with Gasteiger partial charge in [0.25, 0.3) is 0 Å². The monoisotopic (exact) mass is 300 g/mol. The van der Waals surface area contributed by atoms with Crippen LogP contribution in [0.3, 0.4) is 0 Å². The average molecular weight is 300 g/mol. The lowest BCUT2D eigenvalue weighted by atomic mass is 10.1. The molecule has 20 heavy (non-hydrogen) atoms. The SMILES string of the molecule is CC(Cc1ccc(F)cc1)NS(=O)(=O)C1CCCNC1. The second-order valence-electron chi connectivity index (χ2n) is 5.36. The van der Waals surface area contributed by atoms with Gasteiger partial charge >= 0.3 is 0 Å². The highest BCUT2D eigenvalue weighted by molar-refractivity contribution is 7.90. The molecule has 0 bridgehead atoms. The van der Waals surface area contributed by atoms with Crippen LogP contribution in [0.2, 0.25) is 0 Å². The quantitative estimate of drug-likeness (QED) is 0.865. The van der Waals surface area contributed by atoms with E-state index in [1.54, 1.807) is 12.1 Å². The molecule has 1 aliphatic heterocycles. The van der Waals surface area contributed by atoms with Crippen molar-refractivity contribution in [2.24, 2.45) is 0 Å². The molecule has 0 spiro atoms. The minimum absolute atomic E-state index is 0.201. The van der Waals surface area contributed by atoms with E-state index in [9.17, 15) is 12.8 Å². The second kappa shape index (κ2) is 6.65. The van der Waals surface area contributed by atoms with Crippen molar-refractivity contribution in [1.82, 2.24) is 10.0 Å². The smallest absolute Gasteiger partial charge is 0.215 e. The summed E-state index contributed by atoms with van der Waals surface area (Å²) in [6, 6.07) is 5.95.